The van der Waals surface area contributed by atoms with E-state index in [4.69, 9.17) is 0 Å². The normalized spacial score (nSPS) is 13.9. The third-order valence-corrected chi connectivity index (χ3v) is 3.55. The molecule has 0 aliphatic rings. The fourth-order valence-electron chi connectivity index (χ4n) is 2.03. The number of amides is 1. The van der Waals surface area contributed by atoms with E-state index < -0.39 is 0 Å². The van der Waals surface area contributed by atoms with E-state index in [-0.39, 0.29) is 11.3 Å². The van der Waals surface area contributed by atoms with Crippen LogP contribution in [0.1, 0.15) is 38.7 Å². The van der Waals surface area contributed by atoms with E-state index in [1.807, 2.05) is 13.0 Å². The van der Waals surface area contributed by atoms with Gasteiger partial charge in [-0.2, -0.15) is 0 Å². The predicted molar refractivity (Wildman–Crippen MR) is 80.1 cm³/mol. The third kappa shape index (κ3) is 6.10. The molecule has 0 aromatic heterocycles. The molecule has 0 saturated heterocycles. The maximum Gasteiger partial charge on any atom is 0.276 e. The van der Waals surface area contributed by atoms with E-state index in [0.29, 0.717) is 5.92 Å². The second-order valence-electron chi connectivity index (χ2n) is 4.95. The highest BCUT2D eigenvalue weighted by molar-refractivity contribution is 7.96. The summed E-state index contributed by atoms with van der Waals surface area (Å²) < 4.78 is 0. The zero-order chi connectivity index (χ0) is 13.4. The molecule has 1 rings (SSSR count). The average Bonchev–Trinajstić information content (AvgIpc) is 2.34. The van der Waals surface area contributed by atoms with Crippen LogP contribution >= 0.6 is 12.6 Å². The zero-order valence-electron chi connectivity index (χ0n) is 11.2. The molecule has 1 N–H and O–H groups in total. The SMILES string of the molecule is CC(CCCCc1ccccc1)C(C)NC(=O)S. The molecule has 1 amide bonds. The molecule has 0 bridgehead atoms. The number of carbonyl (C=O) groups excluding carboxylic acids is 1. The first-order valence-corrected chi connectivity index (χ1v) is 7.07. The quantitative estimate of drug-likeness (QED) is 0.565. The summed E-state index contributed by atoms with van der Waals surface area (Å²) in [6.07, 6.45) is 4.68. The van der Waals surface area contributed by atoms with Gasteiger partial charge in [0, 0.05) is 6.04 Å². The number of carbonyl (C=O) groups is 1. The van der Waals surface area contributed by atoms with Gasteiger partial charge >= 0.3 is 0 Å². The Labute approximate surface area is 116 Å². The van der Waals surface area contributed by atoms with Crippen LogP contribution in [0.25, 0.3) is 0 Å². The van der Waals surface area contributed by atoms with Gasteiger partial charge in [-0.1, -0.05) is 56.3 Å². The van der Waals surface area contributed by atoms with E-state index >= 15 is 0 Å². The maximum atomic E-state index is 10.8. The lowest BCUT2D eigenvalue weighted by Crippen LogP contribution is -2.33. The van der Waals surface area contributed by atoms with Crippen LogP contribution in [0.4, 0.5) is 4.79 Å². The highest BCUT2D eigenvalue weighted by Gasteiger charge is 2.12. The van der Waals surface area contributed by atoms with Gasteiger partial charge in [0.2, 0.25) is 0 Å². The number of nitrogens with one attached hydrogen (secondary N) is 1. The van der Waals surface area contributed by atoms with Gasteiger partial charge in [0.05, 0.1) is 0 Å². The Morgan fingerprint density at radius 2 is 1.89 bits per heavy atom. The van der Waals surface area contributed by atoms with Crippen molar-refractivity contribution < 1.29 is 4.79 Å². The lowest BCUT2D eigenvalue weighted by Gasteiger charge is -2.20. The summed E-state index contributed by atoms with van der Waals surface area (Å²) in [5, 5.41) is 2.59. The number of hydrogen-bond acceptors (Lipinski definition) is 1. The number of rotatable bonds is 7. The fraction of sp³-hybridized carbons (Fsp3) is 0.533. The first-order chi connectivity index (χ1) is 8.59. The zero-order valence-corrected chi connectivity index (χ0v) is 12.1. The Hall–Kier alpha value is -0.960. The lowest BCUT2D eigenvalue weighted by atomic mass is 9.96. The van der Waals surface area contributed by atoms with Crippen molar-refractivity contribution in [2.45, 2.75) is 45.6 Å². The summed E-state index contributed by atoms with van der Waals surface area (Å²) in [5.41, 5.74) is 1.40. The van der Waals surface area contributed by atoms with Gasteiger partial charge in [0.15, 0.2) is 0 Å². The Kier molecular flexibility index (Phi) is 6.88. The van der Waals surface area contributed by atoms with E-state index in [9.17, 15) is 4.79 Å². The van der Waals surface area contributed by atoms with Gasteiger partial charge < -0.3 is 5.32 Å². The van der Waals surface area contributed by atoms with Crippen LogP contribution in [0.5, 0.6) is 0 Å². The molecule has 3 heteroatoms. The molecule has 0 heterocycles. The molecule has 0 aliphatic heterocycles. The lowest BCUT2D eigenvalue weighted by molar-refractivity contribution is 0.253. The smallest absolute Gasteiger partial charge is 0.276 e. The topological polar surface area (TPSA) is 29.1 Å². The van der Waals surface area contributed by atoms with Gasteiger partial charge in [-0.05, 0) is 37.7 Å². The largest absolute Gasteiger partial charge is 0.344 e. The predicted octanol–water partition coefficient (Wildman–Crippen LogP) is 4.06. The summed E-state index contributed by atoms with van der Waals surface area (Å²) in [5.74, 6) is 0.497. The van der Waals surface area contributed by atoms with Crippen molar-refractivity contribution in [3.8, 4) is 0 Å². The van der Waals surface area contributed by atoms with E-state index in [1.54, 1.807) is 0 Å². The monoisotopic (exact) mass is 265 g/mol. The first-order valence-electron chi connectivity index (χ1n) is 6.63. The number of thiol groups is 1. The average molecular weight is 265 g/mol. The number of benzene rings is 1. The van der Waals surface area contributed by atoms with Crippen molar-refractivity contribution >= 4 is 17.9 Å². The Bertz CT molecular complexity index is 353. The van der Waals surface area contributed by atoms with E-state index in [1.165, 1.54) is 18.4 Å². The molecule has 2 atom stereocenters. The van der Waals surface area contributed by atoms with Crippen molar-refractivity contribution in [2.75, 3.05) is 0 Å². The molecule has 0 radical (unpaired) electrons. The van der Waals surface area contributed by atoms with Gasteiger partial charge in [-0.25, -0.2) is 0 Å². The molecular weight excluding hydrogens is 242 g/mol. The minimum Gasteiger partial charge on any atom is -0.344 e. The van der Waals surface area contributed by atoms with Gasteiger partial charge in [0.25, 0.3) is 5.24 Å². The van der Waals surface area contributed by atoms with Crippen molar-refractivity contribution in [1.82, 2.24) is 5.32 Å². The minimum atomic E-state index is -0.237. The highest BCUT2D eigenvalue weighted by atomic mass is 32.1. The standard InChI is InChI=1S/C15H23NOS/c1-12(13(2)16-15(17)18)8-6-7-11-14-9-4-3-5-10-14/h3-5,9-10,12-13H,6-8,11H2,1-2H3,(H2,16,17,18). The van der Waals surface area contributed by atoms with Crippen LogP contribution < -0.4 is 5.32 Å². The molecule has 0 fully saturated rings. The van der Waals surface area contributed by atoms with Crippen molar-refractivity contribution in [3.05, 3.63) is 35.9 Å². The Balaban J connectivity index is 2.16. The van der Waals surface area contributed by atoms with Crippen LogP contribution in [0, 0.1) is 5.92 Å². The molecule has 18 heavy (non-hydrogen) atoms. The number of aryl methyl sites for hydroxylation is 1. The number of hydrogen-bond donors (Lipinski definition) is 2. The molecule has 100 valence electrons. The van der Waals surface area contributed by atoms with Crippen LogP contribution in [0.3, 0.4) is 0 Å². The molecule has 0 saturated carbocycles. The van der Waals surface area contributed by atoms with Crippen LogP contribution in [-0.2, 0) is 6.42 Å². The molecule has 2 unspecified atom stereocenters. The van der Waals surface area contributed by atoms with E-state index in [0.717, 1.165) is 12.8 Å². The van der Waals surface area contributed by atoms with Gasteiger partial charge in [-0.3, -0.25) is 4.79 Å². The van der Waals surface area contributed by atoms with Gasteiger partial charge in [0.1, 0.15) is 0 Å². The van der Waals surface area contributed by atoms with Crippen molar-refractivity contribution in [3.63, 3.8) is 0 Å². The summed E-state index contributed by atoms with van der Waals surface area (Å²) in [4.78, 5) is 10.8. The van der Waals surface area contributed by atoms with E-state index in [2.05, 4.69) is 49.1 Å². The van der Waals surface area contributed by atoms with Gasteiger partial charge in [-0.15, -0.1) is 0 Å². The second-order valence-corrected chi connectivity index (χ2v) is 5.35. The van der Waals surface area contributed by atoms with Crippen LogP contribution in [0.15, 0.2) is 30.3 Å². The summed E-state index contributed by atoms with van der Waals surface area (Å²) >= 11 is 3.74. The maximum absolute atomic E-state index is 10.8. The van der Waals surface area contributed by atoms with Crippen molar-refractivity contribution in [2.24, 2.45) is 5.92 Å². The molecule has 0 aliphatic carbocycles. The molecule has 1 aromatic carbocycles. The molecular formula is C15H23NOS. The summed E-state index contributed by atoms with van der Waals surface area (Å²) in [6.45, 7) is 4.22. The highest BCUT2D eigenvalue weighted by Crippen LogP contribution is 2.14. The second kappa shape index (κ2) is 8.20. The van der Waals surface area contributed by atoms with Crippen molar-refractivity contribution in [1.29, 1.82) is 0 Å². The number of unbranched alkanes of at least 4 members (excludes halogenated alkanes) is 1. The summed E-state index contributed by atoms with van der Waals surface area (Å²) in [7, 11) is 0. The van der Waals surface area contributed by atoms with Crippen LogP contribution in [-0.4, -0.2) is 11.3 Å². The van der Waals surface area contributed by atoms with Crippen LogP contribution in [0.2, 0.25) is 0 Å². The summed E-state index contributed by atoms with van der Waals surface area (Å²) in [6, 6.07) is 10.8. The first kappa shape index (κ1) is 15.1. The molecule has 2 nitrogen and oxygen atoms in total. The molecule has 0 spiro atoms. The molecule has 1 aromatic rings. The fourth-order valence-corrected chi connectivity index (χ4v) is 2.23. The Morgan fingerprint density at radius 3 is 2.50 bits per heavy atom. The third-order valence-electron chi connectivity index (χ3n) is 3.42. The minimum absolute atomic E-state index is 0.201. The Morgan fingerprint density at radius 1 is 1.22 bits per heavy atom.